The number of aliphatic imine (C=N–C) groups is 1. The van der Waals surface area contributed by atoms with Gasteiger partial charge in [0.25, 0.3) is 0 Å². The van der Waals surface area contributed by atoms with E-state index >= 15 is 0 Å². The summed E-state index contributed by atoms with van der Waals surface area (Å²) in [7, 11) is 3.97. The normalized spacial score (nSPS) is 16.4. The highest BCUT2D eigenvalue weighted by molar-refractivity contribution is 14.0. The number of anilines is 1. The Labute approximate surface area is 189 Å². The standard InChI is InChI=1S/C20H30N6S.HI/c1-16(18-5-4-12-27-18)13-23-20(21-2)24-15-17-6-7-19(22-14-17)26-10-8-25(3)9-11-26;/h4-7,12,14,16H,8-11,13,15H2,1-3H3,(H2,21,23,24);1H. The van der Waals surface area contributed by atoms with Crippen LogP contribution in [0.25, 0.3) is 0 Å². The summed E-state index contributed by atoms with van der Waals surface area (Å²) in [6.07, 6.45) is 1.96. The van der Waals surface area contributed by atoms with E-state index in [4.69, 9.17) is 0 Å². The first-order valence-electron chi connectivity index (χ1n) is 9.52. The fraction of sp³-hybridized carbons (Fsp3) is 0.500. The lowest BCUT2D eigenvalue weighted by molar-refractivity contribution is 0.312. The molecule has 0 aromatic carbocycles. The fourth-order valence-corrected chi connectivity index (χ4v) is 3.86. The zero-order chi connectivity index (χ0) is 19.1. The summed E-state index contributed by atoms with van der Waals surface area (Å²) in [5.74, 6) is 2.36. The second-order valence-electron chi connectivity index (χ2n) is 7.04. The Bertz CT molecular complexity index is 711. The molecule has 1 aliphatic rings. The zero-order valence-corrected chi connectivity index (χ0v) is 20.0. The highest BCUT2D eigenvalue weighted by Gasteiger charge is 2.15. The van der Waals surface area contributed by atoms with Crippen LogP contribution in [0.5, 0.6) is 0 Å². The van der Waals surface area contributed by atoms with E-state index in [0.29, 0.717) is 12.5 Å². The molecule has 1 atom stereocenters. The van der Waals surface area contributed by atoms with Crippen molar-refractivity contribution in [2.24, 2.45) is 4.99 Å². The Kier molecular flexibility index (Phi) is 9.46. The fourth-order valence-electron chi connectivity index (χ4n) is 3.07. The summed E-state index contributed by atoms with van der Waals surface area (Å²) < 4.78 is 0. The second kappa shape index (κ2) is 11.6. The van der Waals surface area contributed by atoms with Gasteiger partial charge >= 0.3 is 0 Å². The summed E-state index contributed by atoms with van der Waals surface area (Å²) in [5, 5.41) is 8.90. The molecule has 3 heterocycles. The van der Waals surface area contributed by atoms with Crippen molar-refractivity contribution in [2.45, 2.75) is 19.4 Å². The minimum atomic E-state index is 0. The Hall–Kier alpha value is -1.39. The number of aromatic nitrogens is 1. The number of hydrogen-bond donors (Lipinski definition) is 2. The molecule has 0 aliphatic carbocycles. The van der Waals surface area contributed by atoms with Crippen molar-refractivity contribution in [1.82, 2.24) is 20.5 Å². The molecule has 0 saturated carbocycles. The van der Waals surface area contributed by atoms with E-state index in [2.05, 4.69) is 74.0 Å². The highest BCUT2D eigenvalue weighted by Crippen LogP contribution is 2.19. The van der Waals surface area contributed by atoms with E-state index in [1.165, 1.54) is 4.88 Å². The van der Waals surface area contributed by atoms with Crippen molar-refractivity contribution in [3.05, 3.63) is 46.3 Å². The maximum Gasteiger partial charge on any atom is 0.191 e. The van der Waals surface area contributed by atoms with Crippen LogP contribution in [0.15, 0.2) is 40.8 Å². The number of hydrogen-bond acceptors (Lipinski definition) is 5. The third-order valence-corrected chi connectivity index (χ3v) is 6.03. The molecule has 0 bridgehead atoms. The molecule has 2 aromatic heterocycles. The van der Waals surface area contributed by atoms with Gasteiger partial charge in [-0.2, -0.15) is 0 Å². The number of likely N-dealkylation sites (N-methyl/N-ethyl adjacent to an activating group) is 1. The zero-order valence-electron chi connectivity index (χ0n) is 16.9. The van der Waals surface area contributed by atoms with Gasteiger partial charge in [-0.05, 0) is 30.1 Å². The Morgan fingerprint density at radius 3 is 2.61 bits per heavy atom. The van der Waals surface area contributed by atoms with Crippen LogP contribution in [0.3, 0.4) is 0 Å². The lowest BCUT2D eigenvalue weighted by Crippen LogP contribution is -2.44. The van der Waals surface area contributed by atoms with E-state index in [0.717, 1.165) is 50.1 Å². The Balaban J connectivity index is 0.00000280. The number of thiophene rings is 1. The van der Waals surface area contributed by atoms with E-state index in [1.54, 1.807) is 18.4 Å². The molecule has 1 unspecified atom stereocenters. The van der Waals surface area contributed by atoms with Gasteiger partial charge in [-0.1, -0.05) is 19.1 Å². The molecule has 0 radical (unpaired) electrons. The first-order chi connectivity index (χ1) is 13.2. The molecule has 0 spiro atoms. The van der Waals surface area contributed by atoms with Crippen LogP contribution in [0.4, 0.5) is 5.82 Å². The second-order valence-corrected chi connectivity index (χ2v) is 8.02. The Morgan fingerprint density at radius 2 is 2.00 bits per heavy atom. The predicted molar refractivity (Wildman–Crippen MR) is 130 cm³/mol. The minimum absolute atomic E-state index is 0. The molecule has 8 heteroatoms. The van der Waals surface area contributed by atoms with Crippen LogP contribution in [-0.4, -0.2) is 62.7 Å². The van der Waals surface area contributed by atoms with Gasteiger partial charge in [0.05, 0.1) is 0 Å². The molecular weight excluding hydrogens is 483 g/mol. The molecule has 1 saturated heterocycles. The third kappa shape index (κ3) is 6.59. The maximum absolute atomic E-state index is 4.65. The van der Waals surface area contributed by atoms with E-state index in [9.17, 15) is 0 Å². The van der Waals surface area contributed by atoms with E-state index in [1.807, 2.05) is 6.20 Å². The van der Waals surface area contributed by atoms with Gasteiger partial charge in [0, 0.05) is 63.3 Å². The number of piperazine rings is 1. The molecule has 1 fully saturated rings. The van der Waals surface area contributed by atoms with Gasteiger partial charge in [-0.25, -0.2) is 4.98 Å². The molecule has 28 heavy (non-hydrogen) atoms. The third-order valence-electron chi connectivity index (χ3n) is 4.92. The van der Waals surface area contributed by atoms with Crippen LogP contribution >= 0.6 is 35.3 Å². The average molecular weight is 514 g/mol. The van der Waals surface area contributed by atoms with Crippen molar-refractivity contribution >= 4 is 47.1 Å². The van der Waals surface area contributed by atoms with Gasteiger partial charge in [-0.15, -0.1) is 35.3 Å². The van der Waals surface area contributed by atoms with Crippen LogP contribution in [0, 0.1) is 0 Å². The molecule has 2 aromatic rings. The molecule has 154 valence electrons. The minimum Gasteiger partial charge on any atom is -0.356 e. The lowest BCUT2D eigenvalue weighted by atomic mass is 10.1. The SMILES string of the molecule is CN=C(NCc1ccc(N2CCN(C)CC2)nc1)NCC(C)c1cccs1.I. The molecule has 3 rings (SSSR count). The smallest absolute Gasteiger partial charge is 0.191 e. The van der Waals surface area contributed by atoms with E-state index < -0.39 is 0 Å². The van der Waals surface area contributed by atoms with Gasteiger partial charge in [0.2, 0.25) is 0 Å². The van der Waals surface area contributed by atoms with Crippen LogP contribution < -0.4 is 15.5 Å². The number of nitrogens with zero attached hydrogens (tertiary/aromatic N) is 4. The molecule has 1 aliphatic heterocycles. The van der Waals surface area contributed by atoms with Crippen LogP contribution in [0.2, 0.25) is 0 Å². The summed E-state index contributed by atoms with van der Waals surface area (Å²) in [4.78, 5) is 15.1. The van der Waals surface area contributed by atoms with Crippen molar-refractivity contribution in [3.8, 4) is 0 Å². The summed E-state index contributed by atoms with van der Waals surface area (Å²) in [5.41, 5.74) is 1.15. The lowest BCUT2D eigenvalue weighted by Gasteiger charge is -2.33. The number of rotatable bonds is 6. The average Bonchev–Trinajstić information content (AvgIpc) is 3.24. The van der Waals surface area contributed by atoms with Crippen molar-refractivity contribution in [2.75, 3.05) is 51.7 Å². The van der Waals surface area contributed by atoms with Gasteiger partial charge < -0.3 is 20.4 Å². The van der Waals surface area contributed by atoms with Crippen molar-refractivity contribution < 1.29 is 0 Å². The number of halogens is 1. The molecular formula is C20H31IN6S. The van der Waals surface area contributed by atoms with Gasteiger partial charge in [0.1, 0.15) is 5.82 Å². The summed E-state index contributed by atoms with van der Waals surface area (Å²) in [6, 6.07) is 8.55. The molecule has 0 amide bonds. The first kappa shape index (κ1) is 22.9. The highest BCUT2D eigenvalue weighted by atomic mass is 127. The Morgan fingerprint density at radius 1 is 1.21 bits per heavy atom. The van der Waals surface area contributed by atoms with Crippen molar-refractivity contribution in [3.63, 3.8) is 0 Å². The van der Waals surface area contributed by atoms with Gasteiger partial charge in [-0.3, -0.25) is 4.99 Å². The van der Waals surface area contributed by atoms with Crippen molar-refractivity contribution in [1.29, 1.82) is 0 Å². The quantitative estimate of drug-likeness (QED) is 0.353. The largest absolute Gasteiger partial charge is 0.356 e. The number of pyridine rings is 1. The number of nitrogens with one attached hydrogen (secondary N) is 2. The summed E-state index contributed by atoms with van der Waals surface area (Å²) >= 11 is 1.80. The van der Waals surface area contributed by atoms with E-state index in [-0.39, 0.29) is 24.0 Å². The monoisotopic (exact) mass is 514 g/mol. The molecule has 2 N–H and O–H groups in total. The number of guanidine groups is 1. The maximum atomic E-state index is 4.65. The molecule has 6 nitrogen and oxygen atoms in total. The first-order valence-corrected chi connectivity index (χ1v) is 10.4. The summed E-state index contributed by atoms with van der Waals surface area (Å²) in [6.45, 7) is 8.07. The topological polar surface area (TPSA) is 55.8 Å². The van der Waals surface area contributed by atoms with Crippen LogP contribution in [-0.2, 0) is 6.54 Å². The van der Waals surface area contributed by atoms with Crippen LogP contribution in [0.1, 0.15) is 23.3 Å². The van der Waals surface area contributed by atoms with Gasteiger partial charge in [0.15, 0.2) is 5.96 Å². The predicted octanol–water partition coefficient (Wildman–Crippen LogP) is 2.98.